The lowest BCUT2D eigenvalue weighted by Crippen LogP contribution is -2.53. The summed E-state index contributed by atoms with van der Waals surface area (Å²) in [5.41, 5.74) is 3.30. The van der Waals surface area contributed by atoms with Gasteiger partial charge in [0.25, 0.3) is 0 Å². The molecule has 1 saturated heterocycles. The molecule has 24 heavy (non-hydrogen) atoms. The van der Waals surface area contributed by atoms with E-state index < -0.39 is 0 Å². The minimum absolute atomic E-state index is 0.00150. The van der Waals surface area contributed by atoms with E-state index in [1.807, 2.05) is 0 Å². The molecule has 2 nitrogen and oxygen atoms in total. The van der Waals surface area contributed by atoms with E-state index in [4.69, 9.17) is 4.74 Å². The topological polar surface area (TPSA) is 29.5 Å². The van der Waals surface area contributed by atoms with Gasteiger partial charge in [0, 0.05) is 5.41 Å². The fourth-order valence-corrected chi connectivity index (χ4v) is 7.78. The molecule has 0 radical (unpaired) electrons. The summed E-state index contributed by atoms with van der Waals surface area (Å²) in [5, 5.41) is 10.0. The number of rotatable bonds is 0. The van der Waals surface area contributed by atoms with E-state index >= 15 is 0 Å². The predicted octanol–water partition coefficient (Wildman–Crippen LogP) is 4.64. The third kappa shape index (κ3) is 1.85. The fourth-order valence-electron chi connectivity index (χ4n) is 7.78. The zero-order valence-corrected chi connectivity index (χ0v) is 15.1. The maximum atomic E-state index is 10.0. The van der Waals surface area contributed by atoms with Crippen LogP contribution in [-0.4, -0.2) is 23.4 Å². The molecule has 0 aromatic rings. The van der Waals surface area contributed by atoms with Crippen LogP contribution in [0.15, 0.2) is 23.8 Å². The molecule has 0 aromatic heterocycles. The molecule has 2 heteroatoms. The number of aliphatic hydroxyl groups is 1. The van der Waals surface area contributed by atoms with Crippen molar-refractivity contribution in [3.8, 4) is 0 Å². The first-order valence-electron chi connectivity index (χ1n) is 10.3. The number of fused-ring (bicyclic) bond motifs is 6. The molecule has 7 atom stereocenters. The van der Waals surface area contributed by atoms with E-state index in [0.717, 1.165) is 43.1 Å². The average Bonchev–Trinajstić information content (AvgIpc) is 3.09. The van der Waals surface area contributed by atoms with Crippen LogP contribution in [0, 0.1) is 29.1 Å². The minimum atomic E-state index is -0.174. The summed E-state index contributed by atoms with van der Waals surface area (Å²) in [6.07, 6.45) is 13.1. The van der Waals surface area contributed by atoms with Gasteiger partial charge in [0.1, 0.15) is 0 Å². The molecular weight excluding hydrogens is 296 g/mol. The van der Waals surface area contributed by atoms with Crippen LogP contribution in [0.3, 0.4) is 0 Å². The highest BCUT2D eigenvalue weighted by Gasteiger charge is 2.65. The highest BCUT2D eigenvalue weighted by atomic mass is 16.5. The number of hydrogen-bond acceptors (Lipinski definition) is 2. The number of allylic oxidation sites excluding steroid dienone is 1. The smallest absolute Gasteiger partial charge is 0.0945 e. The third-order valence-corrected chi connectivity index (χ3v) is 8.87. The summed E-state index contributed by atoms with van der Waals surface area (Å²) in [4.78, 5) is 0. The van der Waals surface area contributed by atoms with Gasteiger partial charge in [-0.05, 0) is 87.0 Å². The van der Waals surface area contributed by atoms with E-state index in [2.05, 4.69) is 19.6 Å². The Balaban J connectivity index is 1.47. The van der Waals surface area contributed by atoms with Gasteiger partial charge in [0.15, 0.2) is 0 Å². The standard InChI is InChI=1S/C22H32O2/c1-14-9-12-24-22(14)11-8-20-19-5-3-15-13-16(23)4-6-17(15)18(19)7-10-21(20,22)2/h13,16-20,23H,1,3-12H2,2H3/t16-,17+,18-,19-,20+,21+,22+/m1/s1. The SMILES string of the molecule is C=C1CCO[C@@]12CC[C@H]1[C@@H]3CCC4=C[C@H](O)CC[C@@H]4[C@H]3CC[C@@]12C. The van der Waals surface area contributed by atoms with Crippen molar-refractivity contribution in [2.24, 2.45) is 29.1 Å². The molecule has 4 aliphatic carbocycles. The Bertz CT molecular complexity index is 593. The molecule has 1 N–H and O–H groups in total. The first-order chi connectivity index (χ1) is 11.6. The van der Waals surface area contributed by atoms with Crippen molar-refractivity contribution in [1.82, 2.24) is 0 Å². The summed E-state index contributed by atoms with van der Waals surface area (Å²) >= 11 is 0. The molecule has 5 rings (SSSR count). The maximum Gasteiger partial charge on any atom is 0.0945 e. The zero-order valence-electron chi connectivity index (χ0n) is 15.1. The second-order valence-corrected chi connectivity index (χ2v) is 9.49. The molecule has 0 aromatic carbocycles. The lowest BCUT2D eigenvalue weighted by Gasteiger charge is -2.56. The van der Waals surface area contributed by atoms with Gasteiger partial charge in [-0.2, -0.15) is 0 Å². The second kappa shape index (κ2) is 5.20. The van der Waals surface area contributed by atoms with Gasteiger partial charge >= 0.3 is 0 Å². The highest BCUT2D eigenvalue weighted by Crippen LogP contribution is 2.68. The number of hydrogen-bond donors (Lipinski definition) is 1. The van der Waals surface area contributed by atoms with Crippen molar-refractivity contribution in [1.29, 1.82) is 0 Å². The molecule has 0 amide bonds. The van der Waals surface area contributed by atoms with E-state index in [0.29, 0.717) is 5.41 Å². The molecule has 0 bridgehead atoms. The third-order valence-electron chi connectivity index (χ3n) is 8.87. The van der Waals surface area contributed by atoms with Gasteiger partial charge in [0.05, 0.1) is 18.3 Å². The van der Waals surface area contributed by atoms with Crippen molar-refractivity contribution in [2.75, 3.05) is 6.61 Å². The Hall–Kier alpha value is -0.600. The van der Waals surface area contributed by atoms with Gasteiger partial charge < -0.3 is 9.84 Å². The van der Waals surface area contributed by atoms with Crippen molar-refractivity contribution in [3.05, 3.63) is 23.8 Å². The van der Waals surface area contributed by atoms with Crippen molar-refractivity contribution in [2.45, 2.75) is 76.4 Å². The first kappa shape index (κ1) is 15.6. The van der Waals surface area contributed by atoms with Crippen LogP contribution < -0.4 is 0 Å². The molecule has 5 aliphatic rings. The number of ether oxygens (including phenoxy) is 1. The minimum Gasteiger partial charge on any atom is -0.389 e. The van der Waals surface area contributed by atoms with Crippen LogP contribution in [0.4, 0.5) is 0 Å². The molecule has 4 fully saturated rings. The summed E-state index contributed by atoms with van der Waals surface area (Å²) in [6.45, 7) is 7.87. The van der Waals surface area contributed by atoms with E-state index in [-0.39, 0.29) is 11.7 Å². The van der Waals surface area contributed by atoms with E-state index in [1.54, 1.807) is 5.57 Å². The van der Waals surface area contributed by atoms with Crippen molar-refractivity contribution in [3.63, 3.8) is 0 Å². The van der Waals surface area contributed by atoms with Crippen LogP contribution in [0.1, 0.15) is 64.7 Å². The second-order valence-electron chi connectivity index (χ2n) is 9.49. The summed E-state index contributed by atoms with van der Waals surface area (Å²) < 4.78 is 6.44. The van der Waals surface area contributed by atoms with E-state index in [9.17, 15) is 5.11 Å². The number of aliphatic hydroxyl groups excluding tert-OH is 1. The average molecular weight is 328 g/mol. The van der Waals surface area contributed by atoms with Crippen molar-refractivity contribution < 1.29 is 9.84 Å². The molecule has 1 heterocycles. The Kier molecular flexibility index (Phi) is 3.39. The van der Waals surface area contributed by atoms with Gasteiger partial charge in [0.2, 0.25) is 0 Å². The maximum absolute atomic E-state index is 10.0. The van der Waals surface area contributed by atoms with Gasteiger partial charge in [-0.1, -0.05) is 25.2 Å². The van der Waals surface area contributed by atoms with Gasteiger partial charge in [-0.3, -0.25) is 0 Å². The first-order valence-corrected chi connectivity index (χ1v) is 10.3. The molecule has 1 spiro atoms. The Labute approximate surface area is 146 Å². The Morgan fingerprint density at radius 3 is 2.75 bits per heavy atom. The van der Waals surface area contributed by atoms with Crippen LogP contribution in [0.5, 0.6) is 0 Å². The molecule has 0 unspecified atom stereocenters. The van der Waals surface area contributed by atoms with Crippen LogP contribution in [0.25, 0.3) is 0 Å². The largest absolute Gasteiger partial charge is 0.389 e. The summed E-state index contributed by atoms with van der Waals surface area (Å²) in [5.74, 6) is 3.32. The summed E-state index contributed by atoms with van der Waals surface area (Å²) in [7, 11) is 0. The zero-order chi connectivity index (χ0) is 16.5. The normalized spacial score (nSPS) is 53.5. The monoisotopic (exact) mass is 328 g/mol. The van der Waals surface area contributed by atoms with Crippen LogP contribution in [0.2, 0.25) is 0 Å². The van der Waals surface area contributed by atoms with Gasteiger partial charge in [-0.15, -0.1) is 0 Å². The lowest BCUT2D eigenvalue weighted by molar-refractivity contribution is -0.111. The van der Waals surface area contributed by atoms with E-state index in [1.165, 1.54) is 50.5 Å². The predicted molar refractivity (Wildman–Crippen MR) is 95.5 cm³/mol. The molecule has 1 aliphatic heterocycles. The Morgan fingerprint density at radius 1 is 1.08 bits per heavy atom. The quantitative estimate of drug-likeness (QED) is 0.657. The Morgan fingerprint density at radius 2 is 1.96 bits per heavy atom. The van der Waals surface area contributed by atoms with Crippen molar-refractivity contribution >= 4 is 0 Å². The van der Waals surface area contributed by atoms with Crippen LogP contribution >= 0.6 is 0 Å². The molecule has 132 valence electrons. The summed E-state index contributed by atoms with van der Waals surface area (Å²) in [6, 6.07) is 0. The van der Waals surface area contributed by atoms with Crippen LogP contribution in [-0.2, 0) is 4.74 Å². The molecule has 3 saturated carbocycles. The highest BCUT2D eigenvalue weighted by molar-refractivity contribution is 5.29. The molecular formula is C22H32O2. The van der Waals surface area contributed by atoms with Gasteiger partial charge in [-0.25, -0.2) is 0 Å². The lowest BCUT2D eigenvalue weighted by atomic mass is 9.50. The fraction of sp³-hybridized carbons (Fsp3) is 0.818.